The first-order valence-corrected chi connectivity index (χ1v) is 13.6. The minimum atomic E-state index is -6.09. The van der Waals surface area contributed by atoms with Crippen LogP contribution in [-0.4, -0.2) is 18.5 Å². The van der Waals surface area contributed by atoms with E-state index in [1.54, 1.807) is 0 Å². The van der Waals surface area contributed by atoms with Crippen molar-refractivity contribution in [3.63, 3.8) is 0 Å². The SMILES string of the molecule is CCCc1ccc([PH+](c2ccccc2)c2ccc(CCC)cc2)cc1.O=S(=O)([O-])C(F)(F)F. The lowest BCUT2D eigenvalue weighted by Crippen LogP contribution is -2.21. The molecule has 0 aliphatic heterocycles. The fraction of sp³-hybridized carbons (Fsp3) is 0.280. The van der Waals surface area contributed by atoms with Crippen LogP contribution in [0, 0.1) is 0 Å². The van der Waals surface area contributed by atoms with Gasteiger partial charge in [0.1, 0.15) is 15.9 Å². The van der Waals surface area contributed by atoms with Gasteiger partial charge in [-0.15, -0.1) is 0 Å². The van der Waals surface area contributed by atoms with E-state index in [-0.39, 0.29) is 0 Å². The topological polar surface area (TPSA) is 57.2 Å². The van der Waals surface area contributed by atoms with Gasteiger partial charge in [-0.1, -0.05) is 69.2 Å². The zero-order chi connectivity index (χ0) is 24.5. The van der Waals surface area contributed by atoms with E-state index in [1.165, 1.54) is 52.7 Å². The quantitative estimate of drug-likeness (QED) is 0.259. The molecule has 0 amide bonds. The van der Waals surface area contributed by atoms with Crippen molar-refractivity contribution >= 4 is 34.0 Å². The summed E-state index contributed by atoms with van der Waals surface area (Å²) in [5.74, 6) is 0. The summed E-state index contributed by atoms with van der Waals surface area (Å²) in [6.07, 6.45) is 4.74. The lowest BCUT2D eigenvalue weighted by Gasteiger charge is -2.12. The van der Waals surface area contributed by atoms with Gasteiger partial charge in [-0.05, 0) is 60.4 Å². The Morgan fingerprint density at radius 3 is 1.33 bits per heavy atom. The molecule has 33 heavy (non-hydrogen) atoms. The maximum absolute atomic E-state index is 10.7. The van der Waals surface area contributed by atoms with Crippen LogP contribution in [0.3, 0.4) is 0 Å². The summed E-state index contributed by atoms with van der Waals surface area (Å²) in [7, 11) is -7.03. The third-order valence-corrected chi connectivity index (χ3v) is 8.21. The lowest BCUT2D eigenvalue weighted by atomic mass is 10.1. The molecule has 3 aromatic rings. The van der Waals surface area contributed by atoms with Crippen molar-refractivity contribution < 1.29 is 26.1 Å². The second-order valence-electron chi connectivity index (χ2n) is 7.53. The van der Waals surface area contributed by atoms with Crippen LogP contribution in [0.1, 0.15) is 37.8 Å². The molecule has 0 saturated carbocycles. The van der Waals surface area contributed by atoms with Crippen LogP contribution < -0.4 is 15.9 Å². The Morgan fingerprint density at radius 1 is 0.697 bits per heavy atom. The molecule has 0 unspecified atom stereocenters. The van der Waals surface area contributed by atoms with E-state index in [2.05, 4.69) is 92.7 Å². The Labute approximate surface area is 195 Å². The molecule has 0 atom stereocenters. The Morgan fingerprint density at radius 2 is 1.03 bits per heavy atom. The Bertz CT molecular complexity index is 1030. The van der Waals surface area contributed by atoms with Crippen LogP contribution >= 0.6 is 7.92 Å². The van der Waals surface area contributed by atoms with Gasteiger partial charge in [-0.3, -0.25) is 0 Å². The minimum absolute atomic E-state index is 0.940. The van der Waals surface area contributed by atoms with Crippen molar-refractivity contribution in [2.24, 2.45) is 0 Å². The summed E-state index contributed by atoms with van der Waals surface area (Å²) < 4.78 is 58.9. The summed E-state index contributed by atoms with van der Waals surface area (Å²) in [5.41, 5.74) is -2.76. The smallest absolute Gasteiger partial charge is 0.485 e. The highest BCUT2D eigenvalue weighted by molar-refractivity contribution is 7.86. The minimum Gasteiger partial charge on any atom is -0.741 e. The van der Waals surface area contributed by atoms with Gasteiger partial charge in [0.15, 0.2) is 10.1 Å². The van der Waals surface area contributed by atoms with Crippen LogP contribution in [0.5, 0.6) is 0 Å². The van der Waals surface area contributed by atoms with Gasteiger partial charge < -0.3 is 4.55 Å². The normalized spacial score (nSPS) is 11.7. The first-order chi connectivity index (χ1) is 15.6. The van der Waals surface area contributed by atoms with Crippen LogP contribution in [0.25, 0.3) is 0 Å². The molecule has 3 nitrogen and oxygen atoms in total. The fourth-order valence-electron chi connectivity index (χ4n) is 3.36. The number of alkyl halides is 3. The van der Waals surface area contributed by atoms with Crippen molar-refractivity contribution in [1.29, 1.82) is 0 Å². The number of rotatable bonds is 7. The van der Waals surface area contributed by atoms with Crippen molar-refractivity contribution in [1.82, 2.24) is 0 Å². The molecule has 0 fully saturated rings. The average Bonchev–Trinajstić information content (AvgIpc) is 2.77. The molecule has 3 aromatic carbocycles. The molecule has 0 bridgehead atoms. The number of benzene rings is 3. The molecule has 8 heteroatoms. The maximum Gasteiger partial charge on any atom is 0.485 e. The summed E-state index contributed by atoms with van der Waals surface area (Å²) in [6, 6.07) is 29.7. The number of aryl methyl sites for hydroxylation is 2. The van der Waals surface area contributed by atoms with Crippen LogP contribution in [-0.2, 0) is 23.0 Å². The number of hydrogen-bond donors (Lipinski definition) is 0. The fourth-order valence-corrected chi connectivity index (χ4v) is 5.88. The Kier molecular flexibility index (Phi) is 10.1. The first kappa shape index (κ1) is 27.0. The largest absolute Gasteiger partial charge is 0.741 e. The Balaban J connectivity index is 0.000000414. The van der Waals surface area contributed by atoms with Crippen molar-refractivity contribution in [2.75, 3.05) is 0 Å². The van der Waals surface area contributed by atoms with E-state index < -0.39 is 23.5 Å². The van der Waals surface area contributed by atoms with Crippen molar-refractivity contribution in [3.05, 3.63) is 90.0 Å². The van der Waals surface area contributed by atoms with Crippen LogP contribution in [0.15, 0.2) is 78.9 Å². The monoisotopic (exact) mass is 496 g/mol. The molecule has 0 N–H and O–H groups in total. The molecule has 0 saturated heterocycles. The zero-order valence-corrected chi connectivity index (χ0v) is 20.4. The number of hydrogen-bond acceptors (Lipinski definition) is 3. The molecule has 0 heterocycles. The van der Waals surface area contributed by atoms with E-state index in [1.807, 2.05) is 0 Å². The van der Waals surface area contributed by atoms with Gasteiger partial charge in [0.05, 0.1) is 7.92 Å². The molecule has 0 spiro atoms. The van der Waals surface area contributed by atoms with Crippen molar-refractivity contribution in [3.8, 4) is 0 Å². The van der Waals surface area contributed by atoms with E-state index in [0.717, 1.165) is 0 Å². The highest BCUT2D eigenvalue weighted by Gasteiger charge is 2.36. The molecule has 0 radical (unpaired) electrons. The highest BCUT2D eigenvalue weighted by atomic mass is 32.2. The second kappa shape index (κ2) is 12.3. The molecule has 0 aromatic heterocycles. The molecule has 0 aliphatic rings. The highest BCUT2D eigenvalue weighted by Crippen LogP contribution is 2.33. The van der Waals surface area contributed by atoms with Gasteiger partial charge in [-0.25, -0.2) is 8.42 Å². The number of halogens is 3. The van der Waals surface area contributed by atoms with E-state index in [4.69, 9.17) is 13.0 Å². The van der Waals surface area contributed by atoms with E-state index >= 15 is 0 Å². The van der Waals surface area contributed by atoms with Crippen LogP contribution in [0.2, 0.25) is 0 Å². The predicted octanol–water partition coefficient (Wildman–Crippen LogP) is 5.13. The van der Waals surface area contributed by atoms with E-state index in [0.29, 0.717) is 0 Å². The molecule has 178 valence electrons. The molecular weight excluding hydrogens is 468 g/mol. The van der Waals surface area contributed by atoms with Crippen LogP contribution in [0.4, 0.5) is 13.2 Å². The molecular formula is C25H28F3O3PS. The zero-order valence-electron chi connectivity index (χ0n) is 18.6. The summed E-state index contributed by atoms with van der Waals surface area (Å²) >= 11 is 0. The van der Waals surface area contributed by atoms with Gasteiger partial charge >= 0.3 is 5.51 Å². The van der Waals surface area contributed by atoms with E-state index in [9.17, 15) is 13.2 Å². The van der Waals surface area contributed by atoms with Crippen molar-refractivity contribution in [2.45, 2.75) is 45.0 Å². The Hall–Kier alpha value is -2.21. The third-order valence-electron chi connectivity index (χ3n) is 4.91. The summed E-state index contributed by atoms with van der Waals surface area (Å²) in [5, 5.41) is 4.40. The lowest BCUT2D eigenvalue weighted by molar-refractivity contribution is -0.0517. The second-order valence-corrected chi connectivity index (χ2v) is 11.4. The van der Waals surface area contributed by atoms with Gasteiger partial charge in [0, 0.05) is 0 Å². The summed E-state index contributed by atoms with van der Waals surface area (Å²) in [4.78, 5) is 0. The predicted molar refractivity (Wildman–Crippen MR) is 130 cm³/mol. The third kappa shape index (κ3) is 8.26. The van der Waals surface area contributed by atoms with Gasteiger partial charge in [0.25, 0.3) is 0 Å². The average molecular weight is 497 g/mol. The van der Waals surface area contributed by atoms with Gasteiger partial charge in [-0.2, -0.15) is 13.2 Å². The first-order valence-electron chi connectivity index (χ1n) is 10.7. The molecule has 3 rings (SSSR count). The van der Waals surface area contributed by atoms with Gasteiger partial charge in [0.2, 0.25) is 0 Å². The maximum atomic E-state index is 10.7. The standard InChI is InChI=1S/C24H27P.CHF3O3S/c1-3-8-20-12-16-23(17-13-20)25(22-10-6-5-7-11-22)24-18-14-21(9-4-2)15-19-24;2-1(3,4)8(5,6)7/h5-7,10-19H,3-4,8-9H2,1-2H3;(H,5,6,7). The molecule has 0 aliphatic carbocycles. The summed E-state index contributed by atoms with van der Waals surface area (Å²) in [6.45, 7) is 4.48.